The van der Waals surface area contributed by atoms with E-state index in [0.717, 1.165) is 5.69 Å². The molecule has 0 aromatic carbocycles. The minimum atomic E-state index is -0.125. The zero-order valence-corrected chi connectivity index (χ0v) is 11.0. The largest absolute Gasteiger partial charge is 0.314 e. The summed E-state index contributed by atoms with van der Waals surface area (Å²) < 4.78 is 0. The van der Waals surface area contributed by atoms with Gasteiger partial charge in [-0.1, -0.05) is 25.4 Å². The van der Waals surface area contributed by atoms with Gasteiger partial charge in [-0.15, -0.1) is 0 Å². The highest BCUT2D eigenvalue weighted by molar-refractivity contribution is 6.29. The lowest BCUT2D eigenvalue weighted by molar-refractivity contribution is -0.116. The first-order chi connectivity index (χ1) is 7.97. The number of hydrogen-bond acceptors (Lipinski definition) is 4. The summed E-state index contributed by atoms with van der Waals surface area (Å²) in [5.74, 6) is 0.129. The summed E-state index contributed by atoms with van der Waals surface area (Å²) in [4.78, 5) is 19.5. The Balaban J connectivity index is 2.45. The predicted molar refractivity (Wildman–Crippen MR) is 68.2 cm³/mol. The summed E-state index contributed by atoms with van der Waals surface area (Å²) in [5.41, 5.74) is 0.723. The number of carbonyl (C=O) groups is 1. The van der Waals surface area contributed by atoms with Crippen molar-refractivity contribution < 1.29 is 4.79 Å². The van der Waals surface area contributed by atoms with Gasteiger partial charge in [0.15, 0.2) is 0 Å². The summed E-state index contributed by atoms with van der Waals surface area (Å²) in [7, 11) is 0. The van der Waals surface area contributed by atoms with Gasteiger partial charge in [-0.2, -0.15) is 0 Å². The smallest absolute Gasteiger partial charge is 0.231 e. The van der Waals surface area contributed by atoms with E-state index in [-0.39, 0.29) is 11.9 Å². The van der Waals surface area contributed by atoms with Crippen molar-refractivity contribution in [1.82, 2.24) is 15.3 Å². The number of hydrogen-bond donors (Lipinski definition) is 2. The maximum Gasteiger partial charge on any atom is 0.231 e. The average molecular weight is 257 g/mol. The van der Waals surface area contributed by atoms with Gasteiger partial charge in [0.25, 0.3) is 0 Å². The van der Waals surface area contributed by atoms with E-state index in [0.29, 0.717) is 24.2 Å². The van der Waals surface area contributed by atoms with Crippen LogP contribution in [0.1, 0.15) is 26.0 Å². The molecule has 1 rings (SSSR count). The molecular formula is C11H17ClN4O. The molecular weight excluding hydrogens is 240 g/mol. The molecule has 1 aromatic heterocycles. The van der Waals surface area contributed by atoms with E-state index >= 15 is 0 Å². The number of nitrogens with zero attached hydrogens (tertiary/aromatic N) is 2. The van der Waals surface area contributed by atoms with E-state index in [1.54, 1.807) is 13.0 Å². The zero-order valence-electron chi connectivity index (χ0n) is 10.2. The van der Waals surface area contributed by atoms with Crippen molar-refractivity contribution in [2.24, 2.45) is 0 Å². The van der Waals surface area contributed by atoms with Crippen LogP contribution in [0.3, 0.4) is 0 Å². The highest BCUT2D eigenvalue weighted by Crippen LogP contribution is 2.09. The first-order valence-electron chi connectivity index (χ1n) is 5.52. The molecule has 6 heteroatoms. The molecule has 1 aromatic rings. The number of aryl methyl sites for hydroxylation is 1. The first kappa shape index (κ1) is 13.9. The van der Waals surface area contributed by atoms with Gasteiger partial charge < -0.3 is 5.32 Å². The Morgan fingerprint density at radius 2 is 2.18 bits per heavy atom. The molecule has 0 saturated carbocycles. The molecule has 1 heterocycles. The molecule has 1 amide bonds. The van der Waals surface area contributed by atoms with Gasteiger partial charge in [0.1, 0.15) is 5.15 Å². The molecule has 0 bridgehead atoms. The van der Waals surface area contributed by atoms with E-state index in [9.17, 15) is 4.79 Å². The van der Waals surface area contributed by atoms with E-state index < -0.39 is 0 Å². The van der Waals surface area contributed by atoms with Crippen molar-refractivity contribution in [1.29, 1.82) is 0 Å². The minimum Gasteiger partial charge on any atom is -0.314 e. The molecule has 0 spiro atoms. The van der Waals surface area contributed by atoms with Crippen LogP contribution in [-0.4, -0.2) is 28.5 Å². The molecule has 0 aliphatic rings. The van der Waals surface area contributed by atoms with Crippen molar-refractivity contribution in [2.45, 2.75) is 33.2 Å². The number of halogens is 1. The van der Waals surface area contributed by atoms with Crippen molar-refractivity contribution in [3.63, 3.8) is 0 Å². The number of rotatable bonds is 5. The summed E-state index contributed by atoms with van der Waals surface area (Å²) in [5, 5.41) is 6.10. The normalized spacial score (nSPS) is 10.6. The fraction of sp³-hybridized carbons (Fsp3) is 0.545. The van der Waals surface area contributed by atoms with Crippen molar-refractivity contribution >= 4 is 23.5 Å². The predicted octanol–water partition coefficient (Wildman–Crippen LogP) is 1.77. The van der Waals surface area contributed by atoms with Crippen LogP contribution < -0.4 is 10.6 Å². The highest BCUT2D eigenvalue weighted by Gasteiger charge is 2.06. The Morgan fingerprint density at radius 3 is 2.76 bits per heavy atom. The van der Waals surface area contributed by atoms with Crippen LogP contribution in [0, 0.1) is 6.92 Å². The molecule has 94 valence electrons. The Hall–Kier alpha value is -1.20. The summed E-state index contributed by atoms with van der Waals surface area (Å²) >= 11 is 5.76. The van der Waals surface area contributed by atoms with Crippen LogP contribution in [0.4, 0.5) is 5.95 Å². The van der Waals surface area contributed by atoms with Crippen LogP contribution in [0.25, 0.3) is 0 Å². The fourth-order valence-electron chi connectivity index (χ4n) is 1.25. The number of amides is 1. The van der Waals surface area contributed by atoms with Crippen LogP contribution in [0.2, 0.25) is 5.15 Å². The van der Waals surface area contributed by atoms with Crippen molar-refractivity contribution in [2.75, 3.05) is 11.9 Å². The molecule has 0 saturated heterocycles. The maximum atomic E-state index is 11.5. The second kappa shape index (κ2) is 6.51. The van der Waals surface area contributed by atoms with Crippen LogP contribution in [0.15, 0.2) is 6.07 Å². The van der Waals surface area contributed by atoms with Gasteiger partial charge in [-0.3, -0.25) is 10.1 Å². The lowest BCUT2D eigenvalue weighted by Crippen LogP contribution is -2.27. The van der Waals surface area contributed by atoms with Gasteiger partial charge in [0.05, 0.1) is 0 Å². The monoisotopic (exact) mass is 256 g/mol. The third-order valence-electron chi connectivity index (χ3n) is 1.98. The Morgan fingerprint density at radius 1 is 1.47 bits per heavy atom. The molecule has 0 atom stereocenters. The number of nitrogens with one attached hydrogen (secondary N) is 2. The molecule has 0 aliphatic heterocycles. The second-order valence-electron chi connectivity index (χ2n) is 4.06. The topological polar surface area (TPSA) is 66.9 Å². The van der Waals surface area contributed by atoms with Crippen LogP contribution in [0.5, 0.6) is 0 Å². The first-order valence-corrected chi connectivity index (χ1v) is 5.89. The molecule has 17 heavy (non-hydrogen) atoms. The zero-order chi connectivity index (χ0) is 12.8. The summed E-state index contributed by atoms with van der Waals surface area (Å²) in [6, 6.07) is 2.00. The number of carbonyl (C=O) groups excluding carboxylic acids is 1. The standard InChI is InChI=1S/C11H17ClN4O/c1-7(2)13-5-4-10(17)16-11-14-8(3)6-9(12)15-11/h6-7,13H,4-5H2,1-3H3,(H,14,15,16,17). The SMILES string of the molecule is Cc1cc(Cl)nc(NC(=O)CCNC(C)C)n1. The summed E-state index contributed by atoms with van der Waals surface area (Å²) in [6.45, 7) is 6.48. The highest BCUT2D eigenvalue weighted by atomic mass is 35.5. The van der Waals surface area contributed by atoms with Gasteiger partial charge in [-0.25, -0.2) is 9.97 Å². The Labute approximate surface area is 106 Å². The van der Waals surface area contributed by atoms with Crippen molar-refractivity contribution in [3.05, 3.63) is 16.9 Å². The quantitative estimate of drug-likeness (QED) is 0.788. The molecule has 2 N–H and O–H groups in total. The fourth-order valence-corrected chi connectivity index (χ4v) is 1.49. The maximum absolute atomic E-state index is 11.5. The van der Waals surface area contributed by atoms with Gasteiger partial charge in [0, 0.05) is 24.7 Å². The molecule has 0 unspecified atom stereocenters. The van der Waals surface area contributed by atoms with Gasteiger partial charge in [-0.05, 0) is 13.0 Å². The van der Waals surface area contributed by atoms with E-state index in [4.69, 9.17) is 11.6 Å². The number of anilines is 1. The third-order valence-corrected chi connectivity index (χ3v) is 2.17. The average Bonchev–Trinajstić information content (AvgIpc) is 2.14. The molecule has 0 radical (unpaired) electrons. The van der Waals surface area contributed by atoms with E-state index in [1.165, 1.54) is 0 Å². The summed E-state index contributed by atoms with van der Waals surface area (Å²) in [6.07, 6.45) is 0.382. The number of aromatic nitrogens is 2. The Bertz CT molecular complexity index is 375. The van der Waals surface area contributed by atoms with Crippen LogP contribution in [-0.2, 0) is 4.79 Å². The third kappa shape index (κ3) is 5.60. The van der Waals surface area contributed by atoms with Gasteiger partial charge in [0.2, 0.25) is 11.9 Å². The molecule has 0 fully saturated rings. The molecule has 0 aliphatic carbocycles. The second-order valence-corrected chi connectivity index (χ2v) is 4.45. The Kier molecular flexibility index (Phi) is 5.31. The van der Waals surface area contributed by atoms with Crippen molar-refractivity contribution in [3.8, 4) is 0 Å². The molecule has 5 nitrogen and oxygen atoms in total. The van der Waals surface area contributed by atoms with E-state index in [1.807, 2.05) is 13.8 Å². The lowest BCUT2D eigenvalue weighted by atomic mass is 10.3. The van der Waals surface area contributed by atoms with E-state index in [2.05, 4.69) is 20.6 Å². The lowest BCUT2D eigenvalue weighted by Gasteiger charge is -2.08. The minimum absolute atomic E-state index is 0.125. The van der Waals surface area contributed by atoms with Gasteiger partial charge >= 0.3 is 0 Å². The van der Waals surface area contributed by atoms with Crippen LogP contribution >= 0.6 is 11.6 Å².